The van der Waals surface area contributed by atoms with E-state index in [9.17, 15) is 4.39 Å². The molecule has 2 aliphatic rings. The third-order valence-corrected chi connectivity index (χ3v) is 5.73. The number of para-hydroxylation sites is 2. The van der Waals surface area contributed by atoms with Crippen molar-refractivity contribution in [3.63, 3.8) is 0 Å². The number of hydrogen-bond acceptors (Lipinski definition) is 5. The first kappa shape index (κ1) is 16.6. The molecular weight excluding hydrogens is 365 g/mol. The quantitative estimate of drug-likeness (QED) is 0.613. The molecule has 3 aromatic rings. The Bertz CT molecular complexity index is 973. The number of rotatable bonds is 5. The first-order valence-corrected chi connectivity index (χ1v) is 9.99. The van der Waals surface area contributed by atoms with Gasteiger partial charge in [-0.15, -0.1) is 10.2 Å². The minimum absolute atomic E-state index is 0.0637. The van der Waals surface area contributed by atoms with Gasteiger partial charge in [0, 0.05) is 11.8 Å². The lowest BCUT2D eigenvalue weighted by Crippen LogP contribution is -2.31. The van der Waals surface area contributed by atoms with Crippen molar-refractivity contribution in [2.45, 2.75) is 30.1 Å². The molecule has 0 bridgehead atoms. The molecule has 0 amide bonds. The fraction of sp³-hybridized carbons (Fsp3) is 0.300. The highest BCUT2D eigenvalue weighted by atomic mass is 32.2. The topological polar surface area (TPSA) is 49.2 Å². The standard InChI is InChI=1S/C20H18FN3O2S/c21-16-6-2-1-5-15(16)19-22-23-20(24(19)13-9-10-13)27-12-14-11-25-17-7-3-4-8-18(17)26-14/h1-8,13-14H,9-12H2/t14-/m0/s1. The lowest BCUT2D eigenvalue weighted by Gasteiger charge is -2.26. The average Bonchev–Trinajstić information content (AvgIpc) is 3.46. The summed E-state index contributed by atoms with van der Waals surface area (Å²) < 4.78 is 28.1. The second kappa shape index (κ2) is 6.88. The van der Waals surface area contributed by atoms with E-state index in [0.717, 1.165) is 29.5 Å². The van der Waals surface area contributed by atoms with Crippen molar-refractivity contribution in [2.75, 3.05) is 12.4 Å². The summed E-state index contributed by atoms with van der Waals surface area (Å²) >= 11 is 1.58. The van der Waals surface area contributed by atoms with E-state index in [1.165, 1.54) is 6.07 Å². The molecule has 1 saturated carbocycles. The maximum Gasteiger partial charge on any atom is 0.191 e. The molecule has 1 aliphatic heterocycles. The van der Waals surface area contributed by atoms with Gasteiger partial charge in [-0.3, -0.25) is 4.57 Å². The second-order valence-electron chi connectivity index (χ2n) is 6.70. The van der Waals surface area contributed by atoms with Crippen LogP contribution in [0.2, 0.25) is 0 Å². The van der Waals surface area contributed by atoms with Crippen LogP contribution in [0.4, 0.5) is 4.39 Å². The van der Waals surface area contributed by atoms with Crippen LogP contribution in [-0.4, -0.2) is 33.2 Å². The predicted molar refractivity (Wildman–Crippen MR) is 101 cm³/mol. The van der Waals surface area contributed by atoms with E-state index in [-0.39, 0.29) is 11.9 Å². The Labute approximate surface area is 160 Å². The van der Waals surface area contributed by atoms with E-state index in [0.29, 0.717) is 29.8 Å². The number of nitrogens with zero attached hydrogens (tertiary/aromatic N) is 3. The summed E-state index contributed by atoms with van der Waals surface area (Å²) in [7, 11) is 0. The van der Waals surface area contributed by atoms with Crippen LogP contribution in [0, 0.1) is 5.82 Å². The molecule has 27 heavy (non-hydrogen) atoms. The zero-order valence-electron chi connectivity index (χ0n) is 14.5. The molecule has 5 nitrogen and oxygen atoms in total. The van der Waals surface area contributed by atoms with Crippen molar-refractivity contribution >= 4 is 11.8 Å². The van der Waals surface area contributed by atoms with Crippen molar-refractivity contribution in [1.29, 1.82) is 0 Å². The molecular formula is C20H18FN3O2S. The van der Waals surface area contributed by atoms with Gasteiger partial charge in [-0.1, -0.05) is 36.0 Å². The number of halogens is 1. The third-order valence-electron chi connectivity index (χ3n) is 4.66. The molecule has 1 aliphatic carbocycles. The highest BCUT2D eigenvalue weighted by Crippen LogP contribution is 2.42. The predicted octanol–water partition coefficient (Wildman–Crippen LogP) is 4.35. The Morgan fingerprint density at radius 1 is 1.04 bits per heavy atom. The summed E-state index contributed by atoms with van der Waals surface area (Å²) in [5.41, 5.74) is 0.495. The van der Waals surface area contributed by atoms with Crippen LogP contribution < -0.4 is 9.47 Å². The van der Waals surface area contributed by atoms with Gasteiger partial charge in [0.15, 0.2) is 22.5 Å². The average molecular weight is 383 g/mol. The van der Waals surface area contributed by atoms with Crippen LogP contribution in [0.1, 0.15) is 18.9 Å². The molecule has 138 valence electrons. The fourth-order valence-corrected chi connectivity index (χ4v) is 4.15. The summed E-state index contributed by atoms with van der Waals surface area (Å²) in [4.78, 5) is 0. The van der Waals surface area contributed by atoms with Gasteiger partial charge >= 0.3 is 0 Å². The summed E-state index contributed by atoms with van der Waals surface area (Å²) in [5, 5.41) is 9.43. The molecule has 1 aromatic heterocycles. The molecule has 0 radical (unpaired) electrons. The Morgan fingerprint density at radius 2 is 1.81 bits per heavy atom. The Hall–Kier alpha value is -2.54. The van der Waals surface area contributed by atoms with E-state index in [2.05, 4.69) is 14.8 Å². The van der Waals surface area contributed by atoms with Crippen LogP contribution in [0.15, 0.2) is 53.7 Å². The largest absolute Gasteiger partial charge is 0.486 e. The van der Waals surface area contributed by atoms with Crippen LogP contribution in [0.3, 0.4) is 0 Å². The number of ether oxygens (including phenoxy) is 2. The molecule has 0 unspecified atom stereocenters. The maximum absolute atomic E-state index is 14.2. The number of thioether (sulfide) groups is 1. The summed E-state index contributed by atoms with van der Waals surface area (Å²) in [6.07, 6.45) is 2.08. The van der Waals surface area contributed by atoms with Gasteiger partial charge in [0.2, 0.25) is 0 Å². The minimum atomic E-state index is -0.274. The zero-order valence-corrected chi connectivity index (χ0v) is 15.4. The van der Waals surface area contributed by atoms with Gasteiger partial charge in [0.05, 0.1) is 5.56 Å². The summed E-state index contributed by atoms with van der Waals surface area (Å²) in [5.74, 6) is 2.57. The number of benzene rings is 2. The Kier molecular flexibility index (Phi) is 4.24. The minimum Gasteiger partial charge on any atom is -0.486 e. The van der Waals surface area contributed by atoms with Gasteiger partial charge in [-0.25, -0.2) is 4.39 Å². The van der Waals surface area contributed by atoms with Crippen LogP contribution in [-0.2, 0) is 0 Å². The van der Waals surface area contributed by atoms with E-state index in [1.807, 2.05) is 30.3 Å². The van der Waals surface area contributed by atoms with E-state index < -0.39 is 0 Å². The summed E-state index contributed by atoms with van der Waals surface area (Å²) in [6, 6.07) is 14.7. The third kappa shape index (κ3) is 3.27. The van der Waals surface area contributed by atoms with Crippen molar-refractivity contribution in [1.82, 2.24) is 14.8 Å². The fourth-order valence-electron chi connectivity index (χ4n) is 3.18. The van der Waals surface area contributed by atoms with Gasteiger partial charge in [-0.05, 0) is 37.1 Å². The molecule has 5 rings (SSSR count). The molecule has 0 saturated heterocycles. The number of fused-ring (bicyclic) bond motifs is 1. The second-order valence-corrected chi connectivity index (χ2v) is 7.68. The maximum atomic E-state index is 14.2. The van der Waals surface area contributed by atoms with Crippen LogP contribution in [0.25, 0.3) is 11.4 Å². The normalized spacial score (nSPS) is 18.5. The molecule has 1 fully saturated rings. The SMILES string of the molecule is Fc1ccccc1-c1nnc(SC[C@@H]2COc3ccccc3O2)n1C1CC1. The molecule has 7 heteroatoms. The van der Waals surface area contributed by atoms with E-state index >= 15 is 0 Å². The lowest BCUT2D eigenvalue weighted by molar-refractivity contribution is 0.107. The highest BCUT2D eigenvalue weighted by Gasteiger charge is 2.31. The Balaban J connectivity index is 1.35. The summed E-state index contributed by atoms with van der Waals surface area (Å²) in [6.45, 7) is 0.502. The molecule has 2 aromatic carbocycles. The van der Waals surface area contributed by atoms with E-state index in [1.54, 1.807) is 23.9 Å². The Morgan fingerprint density at radius 3 is 2.63 bits per heavy atom. The molecule has 0 spiro atoms. The molecule has 1 atom stereocenters. The lowest BCUT2D eigenvalue weighted by atomic mass is 10.2. The molecule has 2 heterocycles. The van der Waals surface area contributed by atoms with Crippen LogP contribution in [0.5, 0.6) is 11.5 Å². The van der Waals surface area contributed by atoms with Crippen molar-refractivity contribution < 1.29 is 13.9 Å². The van der Waals surface area contributed by atoms with E-state index in [4.69, 9.17) is 9.47 Å². The van der Waals surface area contributed by atoms with Crippen molar-refractivity contribution in [3.05, 3.63) is 54.3 Å². The monoisotopic (exact) mass is 383 g/mol. The first-order chi connectivity index (χ1) is 13.3. The van der Waals surface area contributed by atoms with Crippen molar-refractivity contribution in [2.24, 2.45) is 0 Å². The molecule has 0 N–H and O–H groups in total. The first-order valence-electron chi connectivity index (χ1n) is 9.00. The zero-order chi connectivity index (χ0) is 18.2. The van der Waals surface area contributed by atoms with Crippen molar-refractivity contribution in [3.8, 4) is 22.9 Å². The van der Waals surface area contributed by atoms with Gasteiger partial charge in [0.1, 0.15) is 18.5 Å². The smallest absolute Gasteiger partial charge is 0.191 e. The highest BCUT2D eigenvalue weighted by molar-refractivity contribution is 7.99. The van der Waals surface area contributed by atoms with Crippen LogP contribution >= 0.6 is 11.8 Å². The van der Waals surface area contributed by atoms with Gasteiger partial charge in [-0.2, -0.15) is 0 Å². The van der Waals surface area contributed by atoms with Gasteiger partial charge < -0.3 is 9.47 Å². The number of aromatic nitrogens is 3. The van der Waals surface area contributed by atoms with Gasteiger partial charge in [0.25, 0.3) is 0 Å². The number of hydrogen-bond donors (Lipinski definition) is 0.